The van der Waals surface area contributed by atoms with Crippen LogP contribution in [-0.2, 0) is 9.57 Å². The minimum atomic E-state index is -0.561. The molecule has 1 aliphatic carbocycles. The number of aromatic nitrogens is 1. The van der Waals surface area contributed by atoms with E-state index in [0.717, 1.165) is 51.9 Å². The quantitative estimate of drug-likeness (QED) is 0.331. The van der Waals surface area contributed by atoms with Gasteiger partial charge < -0.3 is 9.57 Å². The van der Waals surface area contributed by atoms with Crippen molar-refractivity contribution in [2.45, 2.75) is 39.5 Å². The molecule has 0 bridgehead atoms. The number of hydrogen-bond donors (Lipinski definition) is 0. The first-order valence-electron chi connectivity index (χ1n) is 10.5. The van der Waals surface area contributed by atoms with Crippen LogP contribution in [0.5, 0.6) is 0 Å². The maximum Gasteiger partial charge on any atom is 0.343 e. The summed E-state index contributed by atoms with van der Waals surface area (Å²) in [5.41, 5.74) is 6.61. The second kappa shape index (κ2) is 8.38. The summed E-state index contributed by atoms with van der Waals surface area (Å²) in [6.07, 6.45) is 3.89. The number of hydrogen-bond acceptors (Lipinski definition) is 5. The van der Waals surface area contributed by atoms with E-state index < -0.39 is 5.97 Å². The topological polar surface area (TPSA) is 69.4 Å². The SMILES string of the molecule is CCOC(=O)c1cc(C2CC2)c2c(C)c(-c3ccc(/C(C)=N/OC)cc3)ccn2c1=O. The molecule has 0 N–H and O–H groups in total. The highest BCUT2D eigenvalue weighted by Crippen LogP contribution is 2.43. The molecule has 160 valence electrons. The van der Waals surface area contributed by atoms with Gasteiger partial charge in [-0.05, 0) is 79.5 Å². The molecule has 4 rings (SSSR count). The summed E-state index contributed by atoms with van der Waals surface area (Å²) in [7, 11) is 1.53. The van der Waals surface area contributed by atoms with E-state index in [1.54, 1.807) is 23.6 Å². The van der Waals surface area contributed by atoms with Crippen LogP contribution in [-0.4, -0.2) is 29.8 Å². The number of pyridine rings is 2. The molecule has 0 atom stereocenters. The monoisotopic (exact) mass is 418 g/mol. The number of fused-ring (bicyclic) bond motifs is 1. The third-order valence-electron chi connectivity index (χ3n) is 5.77. The van der Waals surface area contributed by atoms with Crippen molar-refractivity contribution in [3.05, 3.63) is 75.2 Å². The molecule has 0 radical (unpaired) electrons. The maximum absolute atomic E-state index is 13.1. The summed E-state index contributed by atoms with van der Waals surface area (Å²) in [6, 6.07) is 11.8. The van der Waals surface area contributed by atoms with Gasteiger partial charge in [0.2, 0.25) is 0 Å². The van der Waals surface area contributed by atoms with Crippen molar-refractivity contribution in [2.75, 3.05) is 13.7 Å². The Labute approximate surface area is 181 Å². The number of carbonyl (C=O) groups is 1. The summed E-state index contributed by atoms with van der Waals surface area (Å²) >= 11 is 0. The lowest BCUT2D eigenvalue weighted by Crippen LogP contribution is -2.25. The third-order valence-corrected chi connectivity index (χ3v) is 5.77. The van der Waals surface area contributed by atoms with Gasteiger partial charge in [0.15, 0.2) is 0 Å². The Kier molecular flexibility index (Phi) is 5.63. The van der Waals surface area contributed by atoms with E-state index in [4.69, 9.17) is 9.57 Å². The van der Waals surface area contributed by atoms with E-state index in [9.17, 15) is 9.59 Å². The van der Waals surface area contributed by atoms with Gasteiger partial charge in [0.25, 0.3) is 5.56 Å². The Morgan fingerprint density at radius 1 is 1.19 bits per heavy atom. The summed E-state index contributed by atoms with van der Waals surface area (Å²) < 4.78 is 6.71. The molecule has 2 aromatic heterocycles. The molecule has 2 heterocycles. The van der Waals surface area contributed by atoms with Crippen molar-refractivity contribution in [1.82, 2.24) is 4.40 Å². The van der Waals surface area contributed by atoms with Crippen molar-refractivity contribution >= 4 is 17.2 Å². The molecule has 6 heteroatoms. The van der Waals surface area contributed by atoms with Gasteiger partial charge in [-0.1, -0.05) is 29.4 Å². The Bertz CT molecular complexity index is 1240. The maximum atomic E-state index is 13.1. The highest BCUT2D eigenvalue weighted by atomic mass is 16.6. The average Bonchev–Trinajstić information content (AvgIpc) is 3.60. The second-order valence-corrected chi connectivity index (χ2v) is 7.82. The Balaban J connectivity index is 1.87. The molecule has 31 heavy (non-hydrogen) atoms. The van der Waals surface area contributed by atoms with Crippen LogP contribution in [0.1, 0.15) is 59.7 Å². The van der Waals surface area contributed by atoms with Gasteiger partial charge >= 0.3 is 5.97 Å². The van der Waals surface area contributed by atoms with Crippen molar-refractivity contribution in [1.29, 1.82) is 0 Å². The highest BCUT2D eigenvalue weighted by Gasteiger charge is 2.29. The zero-order valence-electron chi connectivity index (χ0n) is 18.3. The number of oxime groups is 1. The second-order valence-electron chi connectivity index (χ2n) is 7.82. The number of rotatable bonds is 6. The molecule has 3 aromatic rings. The Morgan fingerprint density at radius 3 is 2.52 bits per heavy atom. The van der Waals surface area contributed by atoms with Crippen LogP contribution in [0.2, 0.25) is 0 Å². The molecule has 0 unspecified atom stereocenters. The molecular weight excluding hydrogens is 392 g/mol. The largest absolute Gasteiger partial charge is 0.462 e. The van der Waals surface area contributed by atoms with Gasteiger partial charge in [0.1, 0.15) is 12.7 Å². The van der Waals surface area contributed by atoms with E-state index >= 15 is 0 Å². The van der Waals surface area contributed by atoms with Crippen LogP contribution in [0.3, 0.4) is 0 Å². The lowest BCUT2D eigenvalue weighted by molar-refractivity contribution is 0.0524. The van der Waals surface area contributed by atoms with E-state index in [-0.39, 0.29) is 17.7 Å². The van der Waals surface area contributed by atoms with Crippen molar-refractivity contribution < 1.29 is 14.4 Å². The number of nitrogens with zero attached hydrogens (tertiary/aromatic N) is 2. The molecule has 0 saturated heterocycles. The molecule has 1 saturated carbocycles. The van der Waals surface area contributed by atoms with Crippen LogP contribution >= 0.6 is 0 Å². The fraction of sp³-hybridized carbons (Fsp3) is 0.320. The van der Waals surface area contributed by atoms with E-state index in [1.807, 2.05) is 44.2 Å². The van der Waals surface area contributed by atoms with Crippen molar-refractivity contribution in [3.8, 4) is 11.1 Å². The van der Waals surface area contributed by atoms with Gasteiger partial charge in [-0.15, -0.1) is 0 Å². The lowest BCUT2D eigenvalue weighted by atomic mass is 9.95. The minimum absolute atomic E-state index is 0.102. The van der Waals surface area contributed by atoms with E-state index in [2.05, 4.69) is 5.16 Å². The standard InChI is InChI=1S/C25H26N2O4/c1-5-31-25(29)22-14-21(19-10-11-19)23-15(2)20(12-13-27(23)24(22)28)18-8-6-17(7-9-18)16(3)26-30-4/h6-9,12-14,19H,5,10-11H2,1-4H3/b26-16+. The molecule has 1 fully saturated rings. The van der Waals surface area contributed by atoms with Gasteiger partial charge in [0.05, 0.1) is 17.8 Å². The number of aryl methyl sites for hydroxylation is 1. The predicted octanol–water partition coefficient (Wildman–Crippen LogP) is 4.70. The molecule has 1 aliphatic rings. The summed E-state index contributed by atoms with van der Waals surface area (Å²) in [6.45, 7) is 5.91. The number of carbonyl (C=O) groups excluding carboxylic acids is 1. The fourth-order valence-corrected chi connectivity index (χ4v) is 4.05. The average molecular weight is 418 g/mol. The van der Waals surface area contributed by atoms with Gasteiger partial charge in [0, 0.05) is 6.20 Å². The first-order chi connectivity index (χ1) is 15.0. The zero-order valence-corrected chi connectivity index (χ0v) is 18.3. The summed E-state index contributed by atoms with van der Waals surface area (Å²) in [5, 5.41) is 3.98. The van der Waals surface area contributed by atoms with Gasteiger partial charge in [-0.2, -0.15) is 0 Å². The summed E-state index contributed by atoms with van der Waals surface area (Å²) in [5.74, 6) is -0.192. The Morgan fingerprint density at radius 2 is 1.90 bits per heavy atom. The molecular formula is C25H26N2O4. The summed E-state index contributed by atoms with van der Waals surface area (Å²) in [4.78, 5) is 30.3. The molecule has 0 aliphatic heterocycles. The highest BCUT2D eigenvalue weighted by molar-refractivity contribution is 5.98. The minimum Gasteiger partial charge on any atom is -0.462 e. The van der Waals surface area contributed by atoms with Crippen LogP contribution < -0.4 is 5.56 Å². The van der Waals surface area contributed by atoms with Crippen molar-refractivity contribution in [3.63, 3.8) is 0 Å². The van der Waals surface area contributed by atoms with E-state index in [0.29, 0.717) is 5.92 Å². The zero-order chi connectivity index (χ0) is 22.1. The number of benzene rings is 1. The fourth-order valence-electron chi connectivity index (χ4n) is 4.05. The van der Waals surface area contributed by atoms with Gasteiger partial charge in [-0.3, -0.25) is 9.20 Å². The van der Waals surface area contributed by atoms with E-state index in [1.165, 1.54) is 7.11 Å². The number of esters is 1. The first-order valence-corrected chi connectivity index (χ1v) is 10.5. The molecule has 0 spiro atoms. The van der Waals surface area contributed by atoms with Gasteiger partial charge in [-0.25, -0.2) is 4.79 Å². The number of ether oxygens (including phenoxy) is 1. The van der Waals surface area contributed by atoms with Crippen molar-refractivity contribution in [2.24, 2.45) is 5.16 Å². The van der Waals surface area contributed by atoms with Crippen LogP contribution in [0.15, 0.2) is 52.5 Å². The molecule has 0 amide bonds. The van der Waals surface area contributed by atoms with Crippen LogP contribution in [0.4, 0.5) is 0 Å². The normalized spacial score (nSPS) is 14.0. The smallest absolute Gasteiger partial charge is 0.343 e. The Hall–Kier alpha value is -3.41. The first kappa shape index (κ1) is 20.8. The lowest BCUT2D eigenvalue weighted by Gasteiger charge is -2.16. The molecule has 1 aromatic carbocycles. The van der Waals surface area contributed by atoms with Crippen LogP contribution in [0, 0.1) is 6.92 Å². The van der Waals surface area contributed by atoms with Crippen LogP contribution in [0.25, 0.3) is 16.6 Å². The third kappa shape index (κ3) is 3.85. The molecule has 6 nitrogen and oxygen atoms in total. The predicted molar refractivity (Wildman–Crippen MR) is 121 cm³/mol.